The van der Waals surface area contributed by atoms with E-state index in [0.29, 0.717) is 13.1 Å². The van der Waals surface area contributed by atoms with Crippen molar-refractivity contribution < 1.29 is 4.79 Å². The number of carbonyl (C=O) groups is 1. The van der Waals surface area contributed by atoms with E-state index in [-0.39, 0.29) is 5.91 Å². The first-order chi connectivity index (χ1) is 6.31. The van der Waals surface area contributed by atoms with Crippen molar-refractivity contribution in [1.82, 2.24) is 9.88 Å². The number of aromatic nitrogens is 1. The average molecular weight is 174 g/mol. The highest BCUT2D eigenvalue weighted by atomic mass is 16.2. The summed E-state index contributed by atoms with van der Waals surface area (Å²) < 4.78 is 0. The van der Waals surface area contributed by atoms with E-state index < -0.39 is 0 Å². The Bertz CT molecular complexity index is 335. The summed E-state index contributed by atoms with van der Waals surface area (Å²) in [6.07, 6.45) is 3.09. The van der Waals surface area contributed by atoms with Crippen LogP contribution in [0.4, 0.5) is 0 Å². The minimum absolute atomic E-state index is 0.0296. The standard InChI is InChI=1S/C10H10N2O/c1-2-10(13)12-6-8-4-3-5-11-9(8)7-12/h2-5H,1,6-7H2. The van der Waals surface area contributed by atoms with Crippen molar-refractivity contribution in [3.8, 4) is 0 Å². The van der Waals surface area contributed by atoms with Crippen molar-refractivity contribution in [1.29, 1.82) is 0 Å². The smallest absolute Gasteiger partial charge is 0.246 e. The minimum Gasteiger partial charge on any atom is -0.329 e. The van der Waals surface area contributed by atoms with Gasteiger partial charge in [0.05, 0.1) is 12.2 Å². The molecule has 0 aromatic carbocycles. The molecule has 0 saturated heterocycles. The first-order valence-electron chi connectivity index (χ1n) is 4.15. The van der Waals surface area contributed by atoms with Gasteiger partial charge in [-0.25, -0.2) is 0 Å². The number of fused-ring (bicyclic) bond motifs is 1. The van der Waals surface area contributed by atoms with Crippen molar-refractivity contribution in [2.45, 2.75) is 13.1 Å². The maximum Gasteiger partial charge on any atom is 0.246 e. The zero-order valence-electron chi connectivity index (χ0n) is 7.23. The molecule has 1 aliphatic heterocycles. The second-order valence-electron chi connectivity index (χ2n) is 3.01. The van der Waals surface area contributed by atoms with E-state index in [2.05, 4.69) is 11.6 Å². The lowest BCUT2D eigenvalue weighted by molar-refractivity contribution is -0.126. The molecule has 0 spiro atoms. The predicted molar refractivity (Wildman–Crippen MR) is 48.7 cm³/mol. The molecular formula is C10H10N2O. The van der Waals surface area contributed by atoms with Gasteiger partial charge in [-0.2, -0.15) is 0 Å². The summed E-state index contributed by atoms with van der Waals surface area (Å²) in [4.78, 5) is 17.2. The molecular weight excluding hydrogens is 164 g/mol. The first-order valence-corrected chi connectivity index (χ1v) is 4.15. The third-order valence-electron chi connectivity index (χ3n) is 2.17. The maximum atomic E-state index is 11.3. The number of rotatable bonds is 1. The fourth-order valence-corrected chi connectivity index (χ4v) is 1.48. The van der Waals surface area contributed by atoms with Crippen LogP contribution in [0.5, 0.6) is 0 Å². The first kappa shape index (κ1) is 7.98. The minimum atomic E-state index is -0.0296. The number of amides is 1. The molecule has 3 heteroatoms. The summed E-state index contributed by atoms with van der Waals surface area (Å²) in [6, 6.07) is 3.89. The lowest BCUT2D eigenvalue weighted by Gasteiger charge is -2.11. The van der Waals surface area contributed by atoms with Crippen molar-refractivity contribution in [3.05, 3.63) is 42.2 Å². The van der Waals surface area contributed by atoms with Gasteiger partial charge in [-0.1, -0.05) is 12.6 Å². The lowest BCUT2D eigenvalue weighted by atomic mass is 10.2. The van der Waals surface area contributed by atoms with Crippen LogP contribution in [0.1, 0.15) is 11.3 Å². The number of hydrogen-bond donors (Lipinski definition) is 0. The summed E-state index contributed by atoms with van der Waals surface area (Å²) in [5.41, 5.74) is 2.13. The van der Waals surface area contributed by atoms with E-state index in [1.165, 1.54) is 6.08 Å². The third-order valence-corrected chi connectivity index (χ3v) is 2.17. The van der Waals surface area contributed by atoms with E-state index in [0.717, 1.165) is 11.3 Å². The predicted octanol–water partition coefficient (Wildman–Crippen LogP) is 1.11. The molecule has 0 aliphatic carbocycles. The van der Waals surface area contributed by atoms with Gasteiger partial charge in [0.15, 0.2) is 0 Å². The largest absolute Gasteiger partial charge is 0.329 e. The van der Waals surface area contributed by atoms with Gasteiger partial charge in [-0.05, 0) is 17.7 Å². The molecule has 3 nitrogen and oxygen atoms in total. The molecule has 13 heavy (non-hydrogen) atoms. The average Bonchev–Trinajstić information content (AvgIpc) is 2.59. The van der Waals surface area contributed by atoms with Gasteiger partial charge in [-0.15, -0.1) is 0 Å². The van der Waals surface area contributed by atoms with Crippen LogP contribution in [0.15, 0.2) is 31.0 Å². The van der Waals surface area contributed by atoms with Crippen LogP contribution in [-0.2, 0) is 17.9 Å². The fraction of sp³-hybridized carbons (Fsp3) is 0.200. The summed E-state index contributed by atoms with van der Waals surface area (Å²) in [7, 11) is 0. The summed E-state index contributed by atoms with van der Waals surface area (Å²) in [5, 5.41) is 0. The molecule has 1 amide bonds. The molecule has 0 atom stereocenters. The van der Waals surface area contributed by atoms with E-state index in [9.17, 15) is 4.79 Å². The molecule has 0 radical (unpaired) electrons. The highest BCUT2D eigenvalue weighted by Gasteiger charge is 2.21. The van der Waals surface area contributed by atoms with Gasteiger partial charge >= 0.3 is 0 Å². The molecule has 0 N–H and O–H groups in total. The van der Waals surface area contributed by atoms with Gasteiger partial charge in [0.25, 0.3) is 0 Å². The van der Waals surface area contributed by atoms with Crippen LogP contribution < -0.4 is 0 Å². The van der Waals surface area contributed by atoms with Gasteiger partial charge in [0.1, 0.15) is 0 Å². The Hall–Kier alpha value is -1.64. The number of nitrogens with zero attached hydrogens (tertiary/aromatic N) is 2. The normalized spacial score (nSPS) is 14.0. The van der Waals surface area contributed by atoms with Crippen LogP contribution in [0.3, 0.4) is 0 Å². The van der Waals surface area contributed by atoms with E-state index >= 15 is 0 Å². The molecule has 2 rings (SSSR count). The van der Waals surface area contributed by atoms with Crippen LogP contribution in [-0.4, -0.2) is 15.8 Å². The molecule has 1 aliphatic rings. The van der Waals surface area contributed by atoms with Crippen molar-refractivity contribution >= 4 is 5.91 Å². The van der Waals surface area contributed by atoms with Crippen LogP contribution >= 0.6 is 0 Å². The van der Waals surface area contributed by atoms with Gasteiger partial charge in [0.2, 0.25) is 5.91 Å². The molecule has 0 bridgehead atoms. The SMILES string of the molecule is C=CC(=O)N1Cc2cccnc2C1. The Balaban J connectivity index is 2.23. The Morgan fingerprint density at radius 2 is 2.46 bits per heavy atom. The lowest BCUT2D eigenvalue weighted by Crippen LogP contribution is -2.22. The van der Waals surface area contributed by atoms with Crippen LogP contribution in [0.25, 0.3) is 0 Å². The molecule has 1 aromatic rings. The second-order valence-corrected chi connectivity index (χ2v) is 3.01. The fourth-order valence-electron chi connectivity index (χ4n) is 1.48. The van der Waals surface area contributed by atoms with Crippen molar-refractivity contribution in [2.75, 3.05) is 0 Å². The number of carbonyl (C=O) groups excluding carboxylic acids is 1. The zero-order chi connectivity index (χ0) is 9.26. The second kappa shape index (κ2) is 3.01. The van der Waals surface area contributed by atoms with Crippen molar-refractivity contribution in [2.24, 2.45) is 0 Å². The number of pyridine rings is 1. The molecule has 0 unspecified atom stereocenters. The van der Waals surface area contributed by atoms with Crippen molar-refractivity contribution in [3.63, 3.8) is 0 Å². The van der Waals surface area contributed by atoms with E-state index in [4.69, 9.17) is 0 Å². The Morgan fingerprint density at radius 1 is 1.62 bits per heavy atom. The van der Waals surface area contributed by atoms with Gasteiger partial charge in [-0.3, -0.25) is 9.78 Å². The van der Waals surface area contributed by atoms with Gasteiger partial charge in [0, 0.05) is 12.7 Å². The Labute approximate surface area is 76.7 Å². The number of hydrogen-bond acceptors (Lipinski definition) is 2. The third kappa shape index (κ3) is 1.33. The summed E-state index contributed by atoms with van der Waals surface area (Å²) in [5.74, 6) is -0.0296. The summed E-state index contributed by atoms with van der Waals surface area (Å²) in [6.45, 7) is 4.73. The Morgan fingerprint density at radius 3 is 3.15 bits per heavy atom. The topological polar surface area (TPSA) is 33.2 Å². The van der Waals surface area contributed by atoms with Crippen LogP contribution in [0.2, 0.25) is 0 Å². The molecule has 66 valence electrons. The Kier molecular flexibility index (Phi) is 1.85. The monoisotopic (exact) mass is 174 g/mol. The van der Waals surface area contributed by atoms with E-state index in [1.807, 2.05) is 12.1 Å². The molecule has 1 aromatic heterocycles. The summed E-state index contributed by atoms with van der Waals surface area (Å²) >= 11 is 0. The van der Waals surface area contributed by atoms with Gasteiger partial charge < -0.3 is 4.90 Å². The van der Waals surface area contributed by atoms with Crippen LogP contribution in [0, 0.1) is 0 Å². The quantitative estimate of drug-likeness (QED) is 0.597. The maximum absolute atomic E-state index is 11.3. The molecule has 0 fully saturated rings. The molecule has 2 heterocycles. The highest BCUT2D eigenvalue weighted by Crippen LogP contribution is 2.19. The molecule has 0 saturated carbocycles. The highest BCUT2D eigenvalue weighted by molar-refractivity contribution is 5.87. The zero-order valence-corrected chi connectivity index (χ0v) is 7.23. The van der Waals surface area contributed by atoms with E-state index in [1.54, 1.807) is 11.1 Å².